The summed E-state index contributed by atoms with van der Waals surface area (Å²) in [5.41, 5.74) is 0.491. The lowest BCUT2D eigenvalue weighted by Gasteiger charge is -2.11. The zero-order valence-electron chi connectivity index (χ0n) is 13.0. The van der Waals surface area contributed by atoms with E-state index in [2.05, 4.69) is 9.97 Å². The smallest absolute Gasteiger partial charge is 0.297 e. The number of fused-ring (bicyclic) bond motifs is 1. The molecule has 0 bridgehead atoms. The van der Waals surface area contributed by atoms with Crippen molar-refractivity contribution in [1.29, 1.82) is 0 Å². The predicted molar refractivity (Wildman–Crippen MR) is 88.2 cm³/mol. The number of hydrogen-bond acceptors (Lipinski definition) is 5. The number of methoxy groups -OCH3 is 2. The molecule has 0 radical (unpaired) electrons. The molecule has 0 amide bonds. The highest BCUT2D eigenvalue weighted by atomic mass is 32.2. The summed E-state index contributed by atoms with van der Waals surface area (Å²) >= 11 is 1.28. The number of alkyl halides is 2. The third-order valence-electron chi connectivity index (χ3n) is 3.35. The van der Waals surface area contributed by atoms with Gasteiger partial charge in [0.05, 0.1) is 19.7 Å². The standard InChI is InChI=1S/C17H14F2N2O2S/c1-22-13-8-7-10(9-14(13)23-2)24-17-11-5-3-4-6-12(11)20-16(21-17)15(18)19/h3-9,15H,1-2H3. The van der Waals surface area contributed by atoms with Crippen LogP contribution >= 0.6 is 11.8 Å². The molecule has 0 spiro atoms. The quantitative estimate of drug-likeness (QED) is 0.623. The van der Waals surface area contributed by atoms with E-state index in [1.54, 1.807) is 38.5 Å². The van der Waals surface area contributed by atoms with Gasteiger partial charge in [0.25, 0.3) is 6.43 Å². The molecule has 0 aliphatic rings. The van der Waals surface area contributed by atoms with E-state index in [0.717, 1.165) is 10.3 Å². The second-order valence-electron chi connectivity index (χ2n) is 4.82. The lowest BCUT2D eigenvalue weighted by atomic mass is 10.2. The van der Waals surface area contributed by atoms with E-state index in [0.29, 0.717) is 22.0 Å². The molecule has 0 saturated carbocycles. The van der Waals surface area contributed by atoms with E-state index in [-0.39, 0.29) is 0 Å². The Kier molecular flexibility index (Phi) is 4.80. The summed E-state index contributed by atoms with van der Waals surface area (Å²) in [5.74, 6) is 0.689. The molecule has 3 aromatic rings. The summed E-state index contributed by atoms with van der Waals surface area (Å²) < 4.78 is 36.6. The van der Waals surface area contributed by atoms with Crippen molar-refractivity contribution >= 4 is 22.7 Å². The zero-order chi connectivity index (χ0) is 17.1. The minimum absolute atomic E-state index is 0.475. The molecular formula is C17H14F2N2O2S. The van der Waals surface area contributed by atoms with Crippen molar-refractivity contribution in [3.05, 3.63) is 48.3 Å². The van der Waals surface area contributed by atoms with Crippen LogP contribution in [-0.4, -0.2) is 24.2 Å². The fraction of sp³-hybridized carbons (Fsp3) is 0.176. The summed E-state index contributed by atoms with van der Waals surface area (Å²) in [6.45, 7) is 0. The van der Waals surface area contributed by atoms with Gasteiger partial charge in [-0.15, -0.1) is 0 Å². The summed E-state index contributed by atoms with van der Waals surface area (Å²) in [7, 11) is 3.10. The van der Waals surface area contributed by atoms with Crippen LogP contribution < -0.4 is 9.47 Å². The Hall–Kier alpha value is -2.41. The number of halogens is 2. The number of ether oxygens (including phenoxy) is 2. The molecule has 24 heavy (non-hydrogen) atoms. The van der Waals surface area contributed by atoms with E-state index in [1.165, 1.54) is 11.8 Å². The van der Waals surface area contributed by atoms with Crippen LogP contribution in [-0.2, 0) is 0 Å². The van der Waals surface area contributed by atoms with Crippen LogP contribution in [0.1, 0.15) is 12.2 Å². The van der Waals surface area contributed by atoms with Gasteiger partial charge >= 0.3 is 0 Å². The second kappa shape index (κ2) is 7.00. The Balaban J connectivity index is 2.06. The number of para-hydroxylation sites is 1. The molecular weight excluding hydrogens is 334 g/mol. The van der Waals surface area contributed by atoms with Crippen LogP contribution in [0.3, 0.4) is 0 Å². The normalized spacial score (nSPS) is 11.0. The van der Waals surface area contributed by atoms with Crippen molar-refractivity contribution < 1.29 is 18.3 Å². The number of hydrogen-bond donors (Lipinski definition) is 0. The number of rotatable bonds is 5. The van der Waals surface area contributed by atoms with Gasteiger partial charge in [-0.1, -0.05) is 30.0 Å². The van der Waals surface area contributed by atoms with Gasteiger partial charge in [0, 0.05) is 10.3 Å². The van der Waals surface area contributed by atoms with Crippen LogP contribution in [0.15, 0.2) is 52.4 Å². The fourth-order valence-corrected chi connectivity index (χ4v) is 3.18. The molecule has 0 fully saturated rings. The first-order valence-electron chi connectivity index (χ1n) is 7.07. The lowest BCUT2D eigenvalue weighted by molar-refractivity contribution is 0.140. The fourth-order valence-electron chi connectivity index (χ4n) is 2.23. The van der Waals surface area contributed by atoms with Gasteiger partial charge in [-0.2, -0.15) is 0 Å². The highest BCUT2D eigenvalue weighted by Gasteiger charge is 2.16. The molecule has 1 aromatic heterocycles. The van der Waals surface area contributed by atoms with Gasteiger partial charge in [-0.25, -0.2) is 18.7 Å². The van der Waals surface area contributed by atoms with E-state index in [4.69, 9.17) is 9.47 Å². The van der Waals surface area contributed by atoms with Gasteiger partial charge in [-0.3, -0.25) is 0 Å². The summed E-state index contributed by atoms with van der Waals surface area (Å²) in [4.78, 5) is 8.75. The van der Waals surface area contributed by atoms with Crippen molar-refractivity contribution in [2.45, 2.75) is 16.3 Å². The Morgan fingerprint density at radius 2 is 1.71 bits per heavy atom. The van der Waals surface area contributed by atoms with E-state index in [1.807, 2.05) is 18.2 Å². The summed E-state index contributed by atoms with van der Waals surface area (Å²) in [6.07, 6.45) is -2.72. The van der Waals surface area contributed by atoms with Gasteiger partial charge < -0.3 is 9.47 Å². The van der Waals surface area contributed by atoms with Gasteiger partial charge in [-0.05, 0) is 24.3 Å². The largest absolute Gasteiger partial charge is 0.493 e. The third-order valence-corrected chi connectivity index (χ3v) is 4.34. The predicted octanol–water partition coefficient (Wildman–Crippen LogP) is 4.74. The van der Waals surface area contributed by atoms with Gasteiger partial charge in [0.1, 0.15) is 5.03 Å². The van der Waals surface area contributed by atoms with Crippen LogP contribution in [0.25, 0.3) is 10.9 Å². The molecule has 1 heterocycles. The molecule has 0 unspecified atom stereocenters. The second-order valence-corrected chi connectivity index (χ2v) is 5.89. The number of aromatic nitrogens is 2. The maximum atomic E-state index is 13.1. The molecule has 7 heteroatoms. The minimum Gasteiger partial charge on any atom is -0.493 e. The van der Waals surface area contributed by atoms with E-state index >= 15 is 0 Å². The van der Waals surface area contributed by atoms with Crippen LogP contribution in [0, 0.1) is 0 Å². The van der Waals surface area contributed by atoms with Gasteiger partial charge in [0.2, 0.25) is 0 Å². The molecule has 0 aliphatic heterocycles. The average molecular weight is 348 g/mol. The molecule has 3 rings (SSSR count). The van der Waals surface area contributed by atoms with Crippen molar-refractivity contribution in [2.24, 2.45) is 0 Å². The Morgan fingerprint density at radius 1 is 0.958 bits per heavy atom. The lowest BCUT2D eigenvalue weighted by Crippen LogP contribution is -1.98. The van der Waals surface area contributed by atoms with Crippen LogP contribution in [0.4, 0.5) is 8.78 Å². The molecule has 124 valence electrons. The third kappa shape index (κ3) is 3.26. The van der Waals surface area contributed by atoms with Crippen molar-refractivity contribution in [3.8, 4) is 11.5 Å². The Labute approximate surface area is 141 Å². The molecule has 0 aliphatic carbocycles. The first-order valence-corrected chi connectivity index (χ1v) is 7.88. The molecule has 0 N–H and O–H groups in total. The van der Waals surface area contributed by atoms with Crippen LogP contribution in [0.2, 0.25) is 0 Å². The first-order chi connectivity index (χ1) is 11.6. The molecule has 2 aromatic carbocycles. The Morgan fingerprint density at radius 3 is 2.42 bits per heavy atom. The maximum Gasteiger partial charge on any atom is 0.297 e. The molecule has 0 saturated heterocycles. The molecule has 4 nitrogen and oxygen atoms in total. The van der Waals surface area contributed by atoms with Crippen molar-refractivity contribution in [2.75, 3.05) is 14.2 Å². The molecule has 0 atom stereocenters. The van der Waals surface area contributed by atoms with Gasteiger partial charge in [0.15, 0.2) is 17.3 Å². The number of benzene rings is 2. The topological polar surface area (TPSA) is 44.2 Å². The van der Waals surface area contributed by atoms with Crippen molar-refractivity contribution in [1.82, 2.24) is 9.97 Å². The van der Waals surface area contributed by atoms with E-state index in [9.17, 15) is 8.78 Å². The first kappa shape index (κ1) is 16.4. The van der Waals surface area contributed by atoms with E-state index < -0.39 is 12.2 Å². The number of nitrogens with zero attached hydrogens (tertiary/aromatic N) is 2. The summed E-state index contributed by atoms with van der Waals surface area (Å²) in [5, 5.41) is 1.20. The highest BCUT2D eigenvalue weighted by Crippen LogP contribution is 2.37. The average Bonchev–Trinajstić information content (AvgIpc) is 2.61. The Bertz CT molecular complexity index is 874. The monoisotopic (exact) mass is 348 g/mol. The van der Waals surface area contributed by atoms with Crippen molar-refractivity contribution in [3.63, 3.8) is 0 Å². The minimum atomic E-state index is -2.72. The highest BCUT2D eigenvalue weighted by molar-refractivity contribution is 7.99. The maximum absolute atomic E-state index is 13.1. The van der Waals surface area contributed by atoms with Crippen LogP contribution in [0.5, 0.6) is 11.5 Å². The SMILES string of the molecule is COc1ccc(Sc2nc(C(F)F)nc3ccccc23)cc1OC. The zero-order valence-corrected chi connectivity index (χ0v) is 13.8. The summed E-state index contributed by atoms with van der Waals surface area (Å²) in [6, 6.07) is 12.5.